The van der Waals surface area contributed by atoms with E-state index < -0.39 is 0 Å². The van der Waals surface area contributed by atoms with Crippen molar-refractivity contribution in [3.63, 3.8) is 0 Å². The summed E-state index contributed by atoms with van der Waals surface area (Å²) in [5.41, 5.74) is 5.07. The summed E-state index contributed by atoms with van der Waals surface area (Å²) in [7, 11) is 0. The lowest BCUT2D eigenvalue weighted by molar-refractivity contribution is -0.125. The van der Waals surface area contributed by atoms with Gasteiger partial charge in [0.15, 0.2) is 0 Å². The normalized spacial score (nSPS) is 24.3. The number of hydrogen-bond acceptors (Lipinski definition) is 1. The van der Waals surface area contributed by atoms with Crippen molar-refractivity contribution in [2.75, 3.05) is 4.90 Å². The Bertz CT molecular complexity index is 739. The minimum absolute atomic E-state index is 0.165. The molecule has 0 saturated carbocycles. The summed E-state index contributed by atoms with van der Waals surface area (Å²) >= 11 is 0. The number of nitrogens with zero attached hydrogens (tertiary/aromatic N) is 1. The van der Waals surface area contributed by atoms with Crippen molar-refractivity contribution < 1.29 is 4.79 Å². The Kier molecular flexibility index (Phi) is 2.07. The van der Waals surface area contributed by atoms with Crippen LogP contribution in [-0.2, 0) is 24.1 Å². The number of fused-ring (bicyclic) bond motifs is 4. The van der Waals surface area contributed by atoms with Crippen LogP contribution in [-0.4, -0.2) is 11.9 Å². The van der Waals surface area contributed by atoms with E-state index in [0.29, 0.717) is 11.9 Å². The fraction of sp³-hybridized carbons (Fsp3) is 0.316. The SMILES string of the molecule is O=C1N2c3ccccc3CC2CC12Cc1ccccc1C2. The van der Waals surface area contributed by atoms with E-state index >= 15 is 0 Å². The topological polar surface area (TPSA) is 20.3 Å². The molecule has 0 bridgehead atoms. The van der Waals surface area contributed by atoms with Gasteiger partial charge in [-0.25, -0.2) is 0 Å². The van der Waals surface area contributed by atoms with Crippen molar-refractivity contribution in [2.24, 2.45) is 5.41 Å². The molecule has 0 radical (unpaired) electrons. The Balaban J connectivity index is 1.56. The van der Waals surface area contributed by atoms with Crippen molar-refractivity contribution in [2.45, 2.75) is 31.7 Å². The Morgan fingerprint density at radius 1 is 0.905 bits per heavy atom. The van der Waals surface area contributed by atoms with Crippen LogP contribution in [0.5, 0.6) is 0 Å². The molecule has 21 heavy (non-hydrogen) atoms. The van der Waals surface area contributed by atoms with E-state index in [9.17, 15) is 4.79 Å². The fourth-order valence-electron chi connectivity index (χ4n) is 4.68. The Morgan fingerprint density at radius 3 is 2.24 bits per heavy atom. The molecule has 1 atom stereocenters. The zero-order chi connectivity index (χ0) is 14.0. The van der Waals surface area contributed by atoms with E-state index in [1.807, 2.05) is 6.07 Å². The molecule has 5 rings (SSSR count). The van der Waals surface area contributed by atoms with Gasteiger partial charge in [0, 0.05) is 11.7 Å². The molecule has 0 aromatic heterocycles. The quantitative estimate of drug-likeness (QED) is 0.723. The number of carbonyl (C=O) groups is 1. The van der Waals surface area contributed by atoms with E-state index in [4.69, 9.17) is 0 Å². The number of para-hydroxylation sites is 1. The lowest BCUT2D eigenvalue weighted by atomic mass is 9.80. The van der Waals surface area contributed by atoms with Crippen LogP contribution >= 0.6 is 0 Å². The summed E-state index contributed by atoms with van der Waals surface area (Å²) in [5, 5.41) is 0. The third-order valence-electron chi connectivity index (χ3n) is 5.55. The molecular weight excluding hydrogens is 258 g/mol. The smallest absolute Gasteiger partial charge is 0.234 e. The van der Waals surface area contributed by atoms with Gasteiger partial charge in [-0.1, -0.05) is 42.5 Å². The molecule has 1 aliphatic carbocycles. The highest BCUT2D eigenvalue weighted by atomic mass is 16.2. The molecule has 1 spiro atoms. The van der Waals surface area contributed by atoms with Gasteiger partial charge in [-0.3, -0.25) is 4.79 Å². The molecule has 2 aromatic rings. The first-order valence-electron chi connectivity index (χ1n) is 7.75. The van der Waals surface area contributed by atoms with Gasteiger partial charge in [0.1, 0.15) is 0 Å². The average molecular weight is 275 g/mol. The molecule has 3 aliphatic rings. The molecule has 0 N–H and O–H groups in total. The van der Waals surface area contributed by atoms with Crippen molar-refractivity contribution >= 4 is 11.6 Å². The minimum Gasteiger partial charge on any atom is -0.308 e. The number of benzene rings is 2. The van der Waals surface area contributed by atoms with E-state index in [1.54, 1.807) is 0 Å². The molecule has 1 fully saturated rings. The zero-order valence-electron chi connectivity index (χ0n) is 11.9. The average Bonchev–Trinajstić information content (AvgIpc) is 3.11. The molecule has 1 unspecified atom stereocenters. The maximum absolute atomic E-state index is 13.2. The van der Waals surface area contributed by atoms with Gasteiger partial charge in [-0.2, -0.15) is 0 Å². The lowest BCUT2D eigenvalue weighted by Crippen LogP contribution is -2.35. The van der Waals surface area contributed by atoms with Crippen LogP contribution in [0.3, 0.4) is 0 Å². The summed E-state index contributed by atoms with van der Waals surface area (Å²) < 4.78 is 0. The van der Waals surface area contributed by atoms with E-state index in [0.717, 1.165) is 31.4 Å². The number of amides is 1. The van der Waals surface area contributed by atoms with E-state index in [2.05, 4.69) is 47.4 Å². The highest BCUT2D eigenvalue weighted by Gasteiger charge is 2.56. The molecule has 2 nitrogen and oxygen atoms in total. The molecule has 2 heterocycles. The monoisotopic (exact) mass is 275 g/mol. The van der Waals surface area contributed by atoms with Crippen LogP contribution < -0.4 is 4.90 Å². The van der Waals surface area contributed by atoms with Gasteiger partial charge in [-0.15, -0.1) is 0 Å². The number of rotatable bonds is 0. The fourth-order valence-corrected chi connectivity index (χ4v) is 4.68. The molecule has 1 amide bonds. The van der Waals surface area contributed by atoms with Crippen molar-refractivity contribution in [1.82, 2.24) is 0 Å². The van der Waals surface area contributed by atoms with Crippen molar-refractivity contribution in [1.29, 1.82) is 0 Å². The van der Waals surface area contributed by atoms with Gasteiger partial charge < -0.3 is 4.90 Å². The third-order valence-corrected chi connectivity index (χ3v) is 5.55. The predicted molar refractivity (Wildman–Crippen MR) is 82.3 cm³/mol. The van der Waals surface area contributed by atoms with E-state index in [-0.39, 0.29) is 5.41 Å². The predicted octanol–water partition coefficient (Wildman–Crippen LogP) is 3.13. The Labute approximate surface area is 124 Å². The van der Waals surface area contributed by atoms with Crippen LogP contribution in [0.25, 0.3) is 0 Å². The summed E-state index contributed by atoms with van der Waals surface area (Å²) in [6, 6.07) is 17.3. The van der Waals surface area contributed by atoms with Crippen molar-refractivity contribution in [3.05, 3.63) is 65.2 Å². The summed E-state index contributed by atoms with van der Waals surface area (Å²) in [4.78, 5) is 15.3. The van der Waals surface area contributed by atoms with Gasteiger partial charge >= 0.3 is 0 Å². The lowest BCUT2D eigenvalue weighted by Gasteiger charge is -2.22. The largest absolute Gasteiger partial charge is 0.308 e. The summed E-state index contributed by atoms with van der Waals surface area (Å²) in [6.45, 7) is 0. The standard InChI is InChI=1S/C19H17NO/c21-18-19(10-14-6-1-2-7-15(14)11-19)12-16-9-13-5-3-4-8-17(13)20(16)18/h1-8,16H,9-12H2. The molecule has 104 valence electrons. The second kappa shape index (κ2) is 3.76. The van der Waals surface area contributed by atoms with Crippen LogP contribution in [0, 0.1) is 5.41 Å². The maximum atomic E-state index is 13.2. The number of anilines is 1. The van der Waals surface area contributed by atoms with Gasteiger partial charge in [0.25, 0.3) is 0 Å². The van der Waals surface area contributed by atoms with Crippen molar-refractivity contribution in [3.8, 4) is 0 Å². The van der Waals surface area contributed by atoms with Gasteiger partial charge in [0.2, 0.25) is 5.91 Å². The van der Waals surface area contributed by atoms with Crippen LogP contribution in [0.4, 0.5) is 5.69 Å². The van der Waals surface area contributed by atoms with Crippen LogP contribution in [0.2, 0.25) is 0 Å². The molecule has 2 heteroatoms. The zero-order valence-corrected chi connectivity index (χ0v) is 11.9. The molecule has 1 saturated heterocycles. The maximum Gasteiger partial charge on any atom is 0.234 e. The molecular formula is C19H17NO. The minimum atomic E-state index is -0.165. The highest BCUT2D eigenvalue weighted by molar-refractivity contribution is 6.03. The van der Waals surface area contributed by atoms with E-state index in [1.165, 1.54) is 16.7 Å². The number of carbonyl (C=O) groups excluding carboxylic acids is 1. The Hall–Kier alpha value is -2.09. The molecule has 2 aliphatic heterocycles. The first-order chi connectivity index (χ1) is 10.3. The summed E-state index contributed by atoms with van der Waals surface area (Å²) in [6.07, 6.45) is 3.89. The second-order valence-electron chi connectivity index (χ2n) is 6.77. The number of hydrogen-bond donors (Lipinski definition) is 0. The summed E-state index contributed by atoms with van der Waals surface area (Å²) in [5.74, 6) is 0.355. The Morgan fingerprint density at radius 2 is 1.52 bits per heavy atom. The first kappa shape index (κ1) is 11.6. The van der Waals surface area contributed by atoms with Gasteiger partial charge in [0.05, 0.1) is 5.41 Å². The van der Waals surface area contributed by atoms with Gasteiger partial charge in [-0.05, 0) is 48.4 Å². The molecule has 2 aromatic carbocycles. The second-order valence-corrected chi connectivity index (χ2v) is 6.77. The third kappa shape index (κ3) is 1.40. The van der Waals surface area contributed by atoms with Crippen LogP contribution in [0.1, 0.15) is 23.1 Å². The first-order valence-corrected chi connectivity index (χ1v) is 7.75. The van der Waals surface area contributed by atoms with Crippen LogP contribution in [0.15, 0.2) is 48.5 Å². The highest BCUT2D eigenvalue weighted by Crippen LogP contribution is 2.51.